The Hall–Kier alpha value is -2.17. The van der Waals surface area contributed by atoms with Crippen molar-refractivity contribution < 1.29 is 9.32 Å². The zero-order valence-electron chi connectivity index (χ0n) is 11.3. The largest absolute Gasteiger partial charge is 0.361 e. The molecule has 2 rings (SSSR count). The Kier molecular flexibility index (Phi) is 3.94. The van der Waals surface area contributed by atoms with Crippen molar-refractivity contribution in [2.45, 2.75) is 33.2 Å². The van der Waals surface area contributed by atoms with Crippen molar-refractivity contribution in [1.82, 2.24) is 15.5 Å². The molecule has 0 saturated carbocycles. The molecule has 1 atom stereocenters. The number of carbonyl (C=O) groups is 1. The third-order valence-corrected chi connectivity index (χ3v) is 3.03. The first kappa shape index (κ1) is 13.3. The quantitative estimate of drug-likeness (QED) is 0.913. The summed E-state index contributed by atoms with van der Waals surface area (Å²) in [7, 11) is 0. The molecule has 0 fully saturated rings. The van der Waals surface area contributed by atoms with Crippen molar-refractivity contribution >= 4 is 5.91 Å². The third-order valence-electron chi connectivity index (χ3n) is 3.03. The lowest BCUT2D eigenvalue weighted by molar-refractivity contribution is -0.121. The number of aromatic nitrogens is 2. The fourth-order valence-corrected chi connectivity index (χ4v) is 1.91. The van der Waals surface area contributed by atoms with Gasteiger partial charge < -0.3 is 9.84 Å². The van der Waals surface area contributed by atoms with Crippen LogP contribution in [0.25, 0.3) is 0 Å². The highest BCUT2D eigenvalue weighted by Crippen LogP contribution is 2.14. The van der Waals surface area contributed by atoms with E-state index in [9.17, 15) is 4.79 Å². The van der Waals surface area contributed by atoms with Gasteiger partial charge in [0.2, 0.25) is 5.91 Å². The molecule has 100 valence electrons. The van der Waals surface area contributed by atoms with Gasteiger partial charge in [0.15, 0.2) is 0 Å². The topological polar surface area (TPSA) is 68.0 Å². The average molecular weight is 259 g/mol. The highest BCUT2D eigenvalue weighted by atomic mass is 16.5. The summed E-state index contributed by atoms with van der Waals surface area (Å²) >= 11 is 0. The van der Waals surface area contributed by atoms with Crippen LogP contribution in [-0.2, 0) is 11.2 Å². The summed E-state index contributed by atoms with van der Waals surface area (Å²) in [4.78, 5) is 16.2. The van der Waals surface area contributed by atoms with Gasteiger partial charge in [0.05, 0.1) is 23.9 Å². The van der Waals surface area contributed by atoms with E-state index in [4.69, 9.17) is 4.52 Å². The minimum atomic E-state index is -0.117. The number of hydrogen-bond donors (Lipinski definition) is 1. The molecule has 0 aliphatic carbocycles. The van der Waals surface area contributed by atoms with E-state index < -0.39 is 0 Å². The van der Waals surface area contributed by atoms with Gasteiger partial charge in [-0.2, -0.15) is 0 Å². The first-order chi connectivity index (χ1) is 9.08. The Labute approximate surface area is 112 Å². The summed E-state index contributed by atoms with van der Waals surface area (Å²) in [6.45, 7) is 5.56. The van der Waals surface area contributed by atoms with Crippen LogP contribution in [0.3, 0.4) is 0 Å². The predicted octanol–water partition coefficient (Wildman–Crippen LogP) is 2.11. The van der Waals surface area contributed by atoms with Gasteiger partial charge in [-0.15, -0.1) is 0 Å². The van der Waals surface area contributed by atoms with Gasteiger partial charge in [0, 0.05) is 11.8 Å². The Morgan fingerprint density at radius 1 is 1.42 bits per heavy atom. The molecule has 5 heteroatoms. The fourth-order valence-electron chi connectivity index (χ4n) is 1.91. The zero-order chi connectivity index (χ0) is 13.8. The number of nitrogens with zero attached hydrogens (tertiary/aromatic N) is 2. The Morgan fingerprint density at radius 3 is 2.79 bits per heavy atom. The molecule has 2 aromatic heterocycles. The smallest absolute Gasteiger partial charge is 0.225 e. The van der Waals surface area contributed by atoms with Crippen LogP contribution in [0.5, 0.6) is 0 Å². The van der Waals surface area contributed by atoms with Crippen LogP contribution in [0.1, 0.15) is 35.7 Å². The summed E-state index contributed by atoms with van der Waals surface area (Å²) in [5.41, 5.74) is 2.46. The second-order valence-electron chi connectivity index (χ2n) is 4.52. The summed E-state index contributed by atoms with van der Waals surface area (Å²) in [6, 6.07) is 5.52. The number of pyridine rings is 1. The molecule has 0 aliphatic heterocycles. The summed E-state index contributed by atoms with van der Waals surface area (Å²) in [6.07, 6.45) is 1.99. The molecule has 0 aliphatic rings. The molecule has 0 unspecified atom stereocenters. The van der Waals surface area contributed by atoms with E-state index in [0.717, 1.165) is 17.0 Å². The average Bonchev–Trinajstić information content (AvgIpc) is 2.71. The number of nitrogens with one attached hydrogen (secondary N) is 1. The summed E-state index contributed by atoms with van der Waals surface area (Å²) in [5, 5.41) is 6.76. The van der Waals surface area contributed by atoms with Crippen LogP contribution in [0, 0.1) is 13.8 Å². The van der Waals surface area contributed by atoms with E-state index in [0.29, 0.717) is 5.76 Å². The molecule has 0 bridgehead atoms. The normalized spacial score (nSPS) is 12.2. The van der Waals surface area contributed by atoms with Gasteiger partial charge in [-0.25, -0.2) is 0 Å². The number of amides is 1. The van der Waals surface area contributed by atoms with E-state index in [1.54, 1.807) is 6.20 Å². The zero-order valence-corrected chi connectivity index (χ0v) is 11.3. The number of rotatable bonds is 4. The predicted molar refractivity (Wildman–Crippen MR) is 70.5 cm³/mol. The molecule has 2 aromatic rings. The third kappa shape index (κ3) is 3.19. The minimum absolute atomic E-state index is 0.0625. The van der Waals surface area contributed by atoms with Gasteiger partial charge in [0.25, 0.3) is 0 Å². The van der Waals surface area contributed by atoms with Crippen LogP contribution in [-0.4, -0.2) is 16.0 Å². The van der Waals surface area contributed by atoms with Crippen LogP contribution >= 0.6 is 0 Å². The van der Waals surface area contributed by atoms with Gasteiger partial charge in [-0.3, -0.25) is 9.78 Å². The van der Waals surface area contributed by atoms with E-state index in [1.165, 1.54) is 0 Å². The lowest BCUT2D eigenvalue weighted by Crippen LogP contribution is -2.28. The van der Waals surface area contributed by atoms with Crippen LogP contribution < -0.4 is 5.32 Å². The summed E-state index contributed by atoms with van der Waals surface area (Å²) < 4.78 is 5.04. The maximum absolute atomic E-state index is 12.0. The van der Waals surface area contributed by atoms with Crippen molar-refractivity contribution in [1.29, 1.82) is 0 Å². The maximum atomic E-state index is 12.0. The van der Waals surface area contributed by atoms with Crippen LogP contribution in [0.15, 0.2) is 28.9 Å². The summed E-state index contributed by atoms with van der Waals surface area (Å²) in [5.74, 6) is 0.630. The molecule has 0 saturated heterocycles. The standard InChI is InChI=1S/C14H17N3O2/c1-9-12(11(3)19-17-9)8-14(18)16-10(2)13-6-4-5-7-15-13/h4-7,10H,8H2,1-3H3,(H,16,18)/t10-/m1/s1. The molecule has 19 heavy (non-hydrogen) atoms. The molecule has 0 aromatic carbocycles. The maximum Gasteiger partial charge on any atom is 0.225 e. The van der Waals surface area contributed by atoms with Gasteiger partial charge in [-0.1, -0.05) is 11.2 Å². The van der Waals surface area contributed by atoms with Crippen molar-refractivity contribution in [2.75, 3.05) is 0 Å². The van der Waals surface area contributed by atoms with Gasteiger partial charge >= 0.3 is 0 Å². The molecule has 1 N–H and O–H groups in total. The van der Waals surface area contributed by atoms with Crippen molar-refractivity contribution in [3.05, 3.63) is 47.1 Å². The molecular formula is C14H17N3O2. The van der Waals surface area contributed by atoms with Crippen molar-refractivity contribution in [3.8, 4) is 0 Å². The van der Waals surface area contributed by atoms with Crippen molar-refractivity contribution in [3.63, 3.8) is 0 Å². The second kappa shape index (κ2) is 5.65. The van der Waals surface area contributed by atoms with E-state index in [-0.39, 0.29) is 18.4 Å². The molecule has 0 spiro atoms. The number of aryl methyl sites for hydroxylation is 2. The van der Waals surface area contributed by atoms with E-state index in [2.05, 4.69) is 15.5 Å². The van der Waals surface area contributed by atoms with E-state index >= 15 is 0 Å². The molecule has 5 nitrogen and oxygen atoms in total. The highest BCUT2D eigenvalue weighted by Gasteiger charge is 2.15. The monoisotopic (exact) mass is 259 g/mol. The highest BCUT2D eigenvalue weighted by molar-refractivity contribution is 5.79. The van der Waals surface area contributed by atoms with Gasteiger partial charge in [-0.05, 0) is 32.9 Å². The first-order valence-corrected chi connectivity index (χ1v) is 6.20. The molecular weight excluding hydrogens is 242 g/mol. The van der Waals surface area contributed by atoms with E-state index in [1.807, 2.05) is 39.0 Å². The molecule has 1 amide bonds. The second-order valence-corrected chi connectivity index (χ2v) is 4.52. The lowest BCUT2D eigenvalue weighted by Gasteiger charge is -2.13. The Balaban J connectivity index is 1.99. The fraction of sp³-hybridized carbons (Fsp3) is 0.357. The first-order valence-electron chi connectivity index (χ1n) is 6.20. The number of carbonyl (C=O) groups excluding carboxylic acids is 1. The Bertz CT molecular complexity index is 544. The van der Waals surface area contributed by atoms with Crippen LogP contribution in [0.4, 0.5) is 0 Å². The van der Waals surface area contributed by atoms with Crippen molar-refractivity contribution in [2.24, 2.45) is 0 Å². The van der Waals surface area contributed by atoms with Gasteiger partial charge in [0.1, 0.15) is 5.76 Å². The Morgan fingerprint density at radius 2 is 2.21 bits per heavy atom. The minimum Gasteiger partial charge on any atom is -0.361 e. The SMILES string of the molecule is Cc1noc(C)c1CC(=O)N[C@H](C)c1ccccn1. The lowest BCUT2D eigenvalue weighted by atomic mass is 10.1. The molecule has 2 heterocycles. The van der Waals surface area contributed by atoms with Crippen LogP contribution in [0.2, 0.25) is 0 Å². The molecule has 0 radical (unpaired) electrons. The number of hydrogen-bond acceptors (Lipinski definition) is 4.